The normalized spacial score (nSPS) is 11.4. The molecule has 0 saturated carbocycles. The van der Waals surface area contributed by atoms with Crippen LogP contribution in [0.3, 0.4) is 0 Å². The lowest BCUT2D eigenvalue weighted by molar-refractivity contribution is 0.471. The average molecular weight is 277 g/mol. The largest absolute Gasteiger partial charge is 0.506 e. The van der Waals surface area contributed by atoms with E-state index in [2.05, 4.69) is 22.0 Å². The molecule has 1 N–H and O–H groups in total. The van der Waals surface area contributed by atoms with E-state index in [1.165, 1.54) is 5.39 Å². The van der Waals surface area contributed by atoms with Crippen molar-refractivity contribution >= 4 is 32.8 Å². The van der Waals surface area contributed by atoms with Gasteiger partial charge in [-0.15, -0.1) is 0 Å². The molecule has 1 nitrogen and oxygen atoms in total. The smallest absolute Gasteiger partial charge is 0.137 e. The van der Waals surface area contributed by atoms with Crippen LogP contribution in [0.25, 0.3) is 16.8 Å². The molecule has 16 heavy (non-hydrogen) atoms. The number of fused-ring (bicyclic) bond motifs is 1. The molecular formula is C14H13BrO. The molecule has 0 radical (unpaired) electrons. The van der Waals surface area contributed by atoms with Crippen LogP contribution in [0.1, 0.15) is 18.1 Å². The Morgan fingerprint density at radius 1 is 1.19 bits per heavy atom. The summed E-state index contributed by atoms with van der Waals surface area (Å²) in [6.07, 6.45) is 3.87. The van der Waals surface area contributed by atoms with E-state index >= 15 is 0 Å². The third-order valence-corrected chi connectivity index (χ3v) is 3.57. The van der Waals surface area contributed by atoms with E-state index < -0.39 is 0 Å². The molecule has 82 valence electrons. The number of halogens is 1. The number of aryl methyl sites for hydroxylation is 1. The van der Waals surface area contributed by atoms with Gasteiger partial charge < -0.3 is 5.11 Å². The average Bonchev–Trinajstić information content (AvgIpc) is 2.32. The molecule has 2 rings (SSSR count). The minimum Gasteiger partial charge on any atom is -0.506 e. The monoisotopic (exact) mass is 276 g/mol. The van der Waals surface area contributed by atoms with Crippen molar-refractivity contribution in [3.63, 3.8) is 0 Å². The van der Waals surface area contributed by atoms with Crippen molar-refractivity contribution in [1.29, 1.82) is 0 Å². The summed E-state index contributed by atoms with van der Waals surface area (Å²) in [5.74, 6) is 0.314. The molecule has 0 unspecified atom stereocenters. The van der Waals surface area contributed by atoms with E-state index in [4.69, 9.17) is 0 Å². The Hall–Kier alpha value is -1.28. The van der Waals surface area contributed by atoms with Gasteiger partial charge in [-0.05, 0) is 46.1 Å². The molecule has 0 spiro atoms. The molecule has 0 aliphatic heterocycles. The van der Waals surface area contributed by atoms with Gasteiger partial charge in [0.2, 0.25) is 0 Å². The summed E-state index contributed by atoms with van der Waals surface area (Å²) in [6, 6.07) is 8.06. The highest BCUT2D eigenvalue weighted by Gasteiger charge is 2.12. The van der Waals surface area contributed by atoms with Crippen LogP contribution in [0.15, 0.2) is 34.8 Å². The van der Waals surface area contributed by atoms with Crippen molar-refractivity contribution in [2.24, 2.45) is 0 Å². The maximum absolute atomic E-state index is 10.1. The Morgan fingerprint density at radius 2 is 1.81 bits per heavy atom. The molecule has 0 aliphatic rings. The van der Waals surface area contributed by atoms with Crippen molar-refractivity contribution < 1.29 is 5.11 Å². The van der Waals surface area contributed by atoms with Crippen LogP contribution < -0.4 is 0 Å². The zero-order valence-corrected chi connectivity index (χ0v) is 10.9. The van der Waals surface area contributed by atoms with Gasteiger partial charge in [-0.1, -0.05) is 36.4 Å². The maximum atomic E-state index is 10.1. The standard InChI is InChI=1S/C14H13BrO/c1-3-6-11-9(2)10-7-4-5-8-12(10)13(15)14(11)16/h3-8,16H,1-2H3/b6-3-. The first-order valence-electron chi connectivity index (χ1n) is 5.19. The fourth-order valence-electron chi connectivity index (χ4n) is 1.94. The molecular weight excluding hydrogens is 264 g/mol. The van der Waals surface area contributed by atoms with Crippen LogP contribution in [-0.2, 0) is 0 Å². The fraction of sp³-hybridized carbons (Fsp3) is 0.143. The molecule has 2 heteroatoms. The van der Waals surface area contributed by atoms with Gasteiger partial charge >= 0.3 is 0 Å². The van der Waals surface area contributed by atoms with Crippen LogP contribution >= 0.6 is 15.9 Å². The van der Waals surface area contributed by atoms with E-state index in [9.17, 15) is 5.11 Å². The van der Waals surface area contributed by atoms with E-state index in [-0.39, 0.29) is 0 Å². The van der Waals surface area contributed by atoms with Gasteiger partial charge in [0.15, 0.2) is 0 Å². The Bertz CT molecular complexity index is 570. The van der Waals surface area contributed by atoms with Crippen LogP contribution in [0, 0.1) is 6.92 Å². The third-order valence-electron chi connectivity index (χ3n) is 2.77. The zero-order chi connectivity index (χ0) is 11.7. The minimum absolute atomic E-state index is 0.314. The molecule has 0 heterocycles. The van der Waals surface area contributed by atoms with Gasteiger partial charge in [0, 0.05) is 5.56 Å². The second-order valence-corrected chi connectivity index (χ2v) is 4.54. The van der Waals surface area contributed by atoms with Crippen molar-refractivity contribution in [2.45, 2.75) is 13.8 Å². The van der Waals surface area contributed by atoms with Crippen LogP contribution in [0.5, 0.6) is 5.75 Å². The van der Waals surface area contributed by atoms with Gasteiger partial charge in [-0.2, -0.15) is 0 Å². The van der Waals surface area contributed by atoms with E-state index in [0.29, 0.717) is 5.75 Å². The molecule has 0 amide bonds. The molecule has 0 aliphatic carbocycles. The SMILES string of the molecule is C/C=C\c1c(O)c(Br)c2ccccc2c1C. The number of phenols is 1. The summed E-state index contributed by atoms with van der Waals surface area (Å²) in [4.78, 5) is 0. The van der Waals surface area contributed by atoms with E-state index in [1.54, 1.807) is 0 Å². The summed E-state index contributed by atoms with van der Waals surface area (Å²) in [5.41, 5.74) is 1.99. The summed E-state index contributed by atoms with van der Waals surface area (Å²) in [7, 11) is 0. The Labute approximate surface area is 104 Å². The summed E-state index contributed by atoms with van der Waals surface area (Å²) in [5, 5.41) is 12.3. The lowest BCUT2D eigenvalue weighted by Gasteiger charge is -2.11. The van der Waals surface area contributed by atoms with Crippen molar-refractivity contribution in [3.8, 4) is 5.75 Å². The molecule has 2 aromatic rings. The van der Waals surface area contributed by atoms with Gasteiger partial charge in [-0.3, -0.25) is 0 Å². The van der Waals surface area contributed by atoms with Crippen molar-refractivity contribution in [1.82, 2.24) is 0 Å². The fourth-order valence-corrected chi connectivity index (χ4v) is 2.50. The maximum Gasteiger partial charge on any atom is 0.137 e. The summed E-state index contributed by atoms with van der Waals surface area (Å²) < 4.78 is 0.766. The van der Waals surface area contributed by atoms with Crippen LogP contribution in [0.2, 0.25) is 0 Å². The topological polar surface area (TPSA) is 20.2 Å². The Morgan fingerprint density at radius 3 is 2.44 bits per heavy atom. The third kappa shape index (κ3) is 1.63. The molecule has 0 bridgehead atoms. The van der Waals surface area contributed by atoms with Crippen LogP contribution in [-0.4, -0.2) is 5.11 Å². The zero-order valence-electron chi connectivity index (χ0n) is 9.29. The van der Waals surface area contributed by atoms with Crippen molar-refractivity contribution in [3.05, 3.63) is 45.9 Å². The predicted octanol–water partition coefficient (Wildman–Crippen LogP) is 4.65. The predicted molar refractivity (Wildman–Crippen MR) is 72.8 cm³/mol. The quantitative estimate of drug-likeness (QED) is 0.804. The van der Waals surface area contributed by atoms with E-state index in [0.717, 1.165) is 21.0 Å². The Kier molecular flexibility index (Phi) is 3.01. The van der Waals surface area contributed by atoms with Gasteiger partial charge in [-0.25, -0.2) is 0 Å². The first kappa shape index (κ1) is 11.2. The van der Waals surface area contributed by atoms with Gasteiger partial charge in [0.25, 0.3) is 0 Å². The molecule has 0 atom stereocenters. The number of hydrogen-bond acceptors (Lipinski definition) is 1. The first-order chi connectivity index (χ1) is 7.66. The Balaban J connectivity index is 2.94. The number of hydrogen-bond donors (Lipinski definition) is 1. The number of rotatable bonds is 1. The van der Waals surface area contributed by atoms with Crippen molar-refractivity contribution in [2.75, 3.05) is 0 Å². The van der Waals surface area contributed by atoms with E-state index in [1.807, 2.05) is 44.2 Å². The second kappa shape index (κ2) is 4.30. The summed E-state index contributed by atoms with van der Waals surface area (Å²) >= 11 is 3.45. The summed E-state index contributed by atoms with van der Waals surface area (Å²) in [6.45, 7) is 3.98. The highest BCUT2D eigenvalue weighted by Crippen LogP contribution is 2.39. The first-order valence-corrected chi connectivity index (χ1v) is 5.98. The van der Waals surface area contributed by atoms with Gasteiger partial charge in [0.1, 0.15) is 5.75 Å². The highest BCUT2D eigenvalue weighted by molar-refractivity contribution is 9.10. The number of benzene rings is 2. The highest BCUT2D eigenvalue weighted by atomic mass is 79.9. The molecule has 0 fully saturated rings. The van der Waals surface area contributed by atoms with Crippen LogP contribution in [0.4, 0.5) is 0 Å². The molecule has 0 aromatic heterocycles. The lowest BCUT2D eigenvalue weighted by atomic mass is 9.99. The second-order valence-electron chi connectivity index (χ2n) is 3.75. The lowest BCUT2D eigenvalue weighted by Crippen LogP contribution is -1.87. The number of allylic oxidation sites excluding steroid dienone is 1. The molecule has 0 saturated heterocycles. The number of aromatic hydroxyl groups is 1. The molecule has 2 aromatic carbocycles. The number of phenolic OH excluding ortho intramolecular Hbond substituents is 1. The van der Waals surface area contributed by atoms with Gasteiger partial charge in [0.05, 0.1) is 4.47 Å². The minimum atomic E-state index is 0.314.